The molecule has 29 heavy (non-hydrogen) atoms. The second kappa shape index (κ2) is 8.66. The van der Waals surface area contributed by atoms with E-state index in [2.05, 4.69) is 20.3 Å². The van der Waals surface area contributed by atoms with Gasteiger partial charge in [-0.3, -0.25) is 14.2 Å². The first-order chi connectivity index (χ1) is 14.1. The van der Waals surface area contributed by atoms with E-state index >= 15 is 0 Å². The van der Waals surface area contributed by atoms with Gasteiger partial charge >= 0.3 is 0 Å². The zero-order chi connectivity index (χ0) is 20.2. The maximum Gasteiger partial charge on any atom is 0.282 e. The predicted molar refractivity (Wildman–Crippen MR) is 106 cm³/mol. The molecule has 0 bridgehead atoms. The molecule has 1 amide bonds. The fraction of sp³-hybridized carbons (Fsp3) is 0.316. The number of carbonyl (C=O) groups excluding carboxylic acids is 1. The maximum absolute atomic E-state index is 13.0. The standard InChI is InChI=1S/C19H18FN5O3S/c20-12-3-5-13(6-4-12)23-15(26)11-29-19-24-17-16(21-7-8-22-17)18(27)25(19)10-14-2-1-9-28-14/h3-8,14H,1-2,9-11H2,(H,23,26)/t14-/m0/s1. The van der Waals surface area contributed by atoms with Crippen molar-refractivity contribution in [2.45, 2.75) is 30.6 Å². The molecule has 1 fully saturated rings. The Morgan fingerprint density at radius 2 is 2.07 bits per heavy atom. The summed E-state index contributed by atoms with van der Waals surface area (Å²) in [7, 11) is 0. The van der Waals surface area contributed by atoms with Crippen LogP contribution in [0.25, 0.3) is 11.2 Å². The van der Waals surface area contributed by atoms with Gasteiger partial charge in [0, 0.05) is 24.7 Å². The molecule has 1 atom stereocenters. The average molecular weight is 415 g/mol. The number of benzene rings is 1. The van der Waals surface area contributed by atoms with Crippen molar-refractivity contribution < 1.29 is 13.9 Å². The lowest BCUT2D eigenvalue weighted by Crippen LogP contribution is -2.30. The molecule has 1 saturated heterocycles. The highest BCUT2D eigenvalue weighted by molar-refractivity contribution is 7.99. The molecule has 2 aromatic heterocycles. The SMILES string of the molecule is O=C(CSc1nc2nccnc2c(=O)n1C[C@@H]1CCCO1)Nc1ccc(F)cc1. The van der Waals surface area contributed by atoms with Crippen molar-refractivity contribution >= 4 is 34.5 Å². The number of rotatable bonds is 6. The molecule has 1 N–H and O–H groups in total. The Kier molecular flexibility index (Phi) is 5.81. The van der Waals surface area contributed by atoms with Gasteiger partial charge in [-0.15, -0.1) is 0 Å². The fourth-order valence-corrected chi connectivity index (χ4v) is 3.85. The number of aromatic nitrogens is 4. The quantitative estimate of drug-likeness (QED) is 0.487. The number of ether oxygens (including phenoxy) is 1. The largest absolute Gasteiger partial charge is 0.376 e. The molecule has 4 rings (SSSR count). The summed E-state index contributed by atoms with van der Waals surface area (Å²) in [5.74, 6) is -0.642. The topological polar surface area (TPSA) is 99.0 Å². The van der Waals surface area contributed by atoms with Gasteiger partial charge in [-0.05, 0) is 37.1 Å². The van der Waals surface area contributed by atoms with Crippen LogP contribution < -0.4 is 10.9 Å². The maximum atomic E-state index is 13.0. The number of hydrogen-bond donors (Lipinski definition) is 1. The van der Waals surface area contributed by atoms with Crippen molar-refractivity contribution in [3.05, 3.63) is 52.8 Å². The van der Waals surface area contributed by atoms with Crippen LogP contribution in [0.1, 0.15) is 12.8 Å². The van der Waals surface area contributed by atoms with Crippen LogP contribution in [-0.4, -0.2) is 43.9 Å². The van der Waals surface area contributed by atoms with Gasteiger partial charge in [-0.1, -0.05) is 11.8 Å². The van der Waals surface area contributed by atoms with Crippen LogP contribution in [0.3, 0.4) is 0 Å². The summed E-state index contributed by atoms with van der Waals surface area (Å²) in [6, 6.07) is 5.50. The Bertz CT molecular complexity index is 1080. The third kappa shape index (κ3) is 4.60. The van der Waals surface area contributed by atoms with Gasteiger partial charge in [0.05, 0.1) is 18.4 Å². The number of halogens is 1. The van der Waals surface area contributed by atoms with Gasteiger partial charge in [-0.25, -0.2) is 19.3 Å². The first-order valence-electron chi connectivity index (χ1n) is 9.11. The zero-order valence-corrected chi connectivity index (χ0v) is 16.2. The second-order valence-electron chi connectivity index (χ2n) is 6.52. The summed E-state index contributed by atoms with van der Waals surface area (Å²) < 4.78 is 20.1. The zero-order valence-electron chi connectivity index (χ0n) is 15.4. The highest BCUT2D eigenvalue weighted by Gasteiger charge is 2.21. The predicted octanol–water partition coefficient (Wildman–Crippen LogP) is 2.24. The molecular formula is C19H18FN5O3S. The van der Waals surface area contributed by atoms with Crippen LogP contribution in [0.15, 0.2) is 46.6 Å². The average Bonchev–Trinajstić information content (AvgIpc) is 3.24. The number of thioether (sulfide) groups is 1. The molecule has 1 aromatic carbocycles. The molecule has 10 heteroatoms. The minimum absolute atomic E-state index is 0.0289. The summed E-state index contributed by atoms with van der Waals surface area (Å²) in [5.41, 5.74) is 0.610. The van der Waals surface area contributed by atoms with Crippen molar-refractivity contribution in [3.8, 4) is 0 Å². The van der Waals surface area contributed by atoms with Crippen LogP contribution in [0.5, 0.6) is 0 Å². The van der Waals surface area contributed by atoms with Crippen molar-refractivity contribution in [1.29, 1.82) is 0 Å². The Morgan fingerprint density at radius 1 is 1.28 bits per heavy atom. The molecule has 8 nitrogen and oxygen atoms in total. The Morgan fingerprint density at radius 3 is 2.83 bits per heavy atom. The molecule has 0 unspecified atom stereocenters. The first kappa shape index (κ1) is 19.5. The normalized spacial score (nSPS) is 16.2. The molecule has 1 aliphatic heterocycles. The number of carbonyl (C=O) groups is 1. The summed E-state index contributed by atoms with van der Waals surface area (Å²) in [6.45, 7) is 1.02. The molecule has 3 aromatic rings. The van der Waals surface area contributed by atoms with E-state index in [0.717, 1.165) is 24.6 Å². The molecule has 0 aliphatic carbocycles. The first-order valence-corrected chi connectivity index (χ1v) is 10.1. The molecule has 0 saturated carbocycles. The number of fused-ring (bicyclic) bond motifs is 1. The number of nitrogens with zero attached hydrogens (tertiary/aromatic N) is 4. The minimum atomic E-state index is -0.378. The van der Waals surface area contributed by atoms with E-state index in [1.165, 1.54) is 41.2 Å². The summed E-state index contributed by atoms with van der Waals surface area (Å²) in [5, 5.41) is 3.07. The minimum Gasteiger partial charge on any atom is -0.376 e. The third-order valence-corrected chi connectivity index (χ3v) is 5.41. The number of nitrogens with one attached hydrogen (secondary N) is 1. The van der Waals surface area contributed by atoms with E-state index in [-0.39, 0.29) is 40.3 Å². The second-order valence-corrected chi connectivity index (χ2v) is 7.46. The Labute approximate surface area is 169 Å². The molecule has 150 valence electrons. The van der Waals surface area contributed by atoms with Crippen LogP contribution >= 0.6 is 11.8 Å². The lowest BCUT2D eigenvalue weighted by molar-refractivity contribution is -0.113. The van der Waals surface area contributed by atoms with E-state index in [1.807, 2.05) is 0 Å². The van der Waals surface area contributed by atoms with Gasteiger partial charge < -0.3 is 10.1 Å². The number of amides is 1. The van der Waals surface area contributed by atoms with Crippen LogP contribution in [-0.2, 0) is 16.1 Å². The van der Waals surface area contributed by atoms with Gasteiger partial charge in [0.25, 0.3) is 5.56 Å². The van der Waals surface area contributed by atoms with E-state index in [4.69, 9.17) is 4.74 Å². The molecule has 1 aliphatic rings. The lowest BCUT2D eigenvalue weighted by atomic mass is 10.2. The van der Waals surface area contributed by atoms with Crippen LogP contribution in [0, 0.1) is 5.82 Å². The summed E-state index contributed by atoms with van der Waals surface area (Å²) in [4.78, 5) is 37.8. The molecular weight excluding hydrogens is 397 g/mol. The smallest absolute Gasteiger partial charge is 0.282 e. The van der Waals surface area contributed by atoms with E-state index in [9.17, 15) is 14.0 Å². The van der Waals surface area contributed by atoms with Crippen molar-refractivity contribution in [3.63, 3.8) is 0 Å². The van der Waals surface area contributed by atoms with Crippen LogP contribution in [0.4, 0.5) is 10.1 Å². The van der Waals surface area contributed by atoms with Crippen molar-refractivity contribution in [2.24, 2.45) is 0 Å². The van der Waals surface area contributed by atoms with Crippen molar-refractivity contribution in [1.82, 2.24) is 19.5 Å². The molecule has 0 spiro atoms. The fourth-order valence-electron chi connectivity index (χ4n) is 3.05. The van der Waals surface area contributed by atoms with Crippen LogP contribution in [0.2, 0.25) is 0 Å². The Hall–Kier alpha value is -2.85. The third-order valence-electron chi connectivity index (χ3n) is 4.43. The molecule has 3 heterocycles. The van der Waals surface area contributed by atoms with E-state index in [0.29, 0.717) is 24.0 Å². The highest BCUT2D eigenvalue weighted by atomic mass is 32.2. The van der Waals surface area contributed by atoms with Gasteiger partial charge in [0.2, 0.25) is 5.91 Å². The monoisotopic (exact) mass is 415 g/mol. The lowest BCUT2D eigenvalue weighted by Gasteiger charge is -2.15. The van der Waals surface area contributed by atoms with Crippen molar-refractivity contribution in [2.75, 3.05) is 17.7 Å². The number of hydrogen-bond acceptors (Lipinski definition) is 7. The van der Waals surface area contributed by atoms with Gasteiger partial charge in [-0.2, -0.15) is 0 Å². The summed E-state index contributed by atoms with van der Waals surface area (Å²) in [6.07, 6.45) is 4.65. The van der Waals surface area contributed by atoms with E-state index in [1.54, 1.807) is 0 Å². The number of anilines is 1. The van der Waals surface area contributed by atoms with Gasteiger partial charge in [0.15, 0.2) is 16.3 Å². The van der Waals surface area contributed by atoms with E-state index < -0.39 is 0 Å². The molecule has 0 radical (unpaired) electrons. The Balaban J connectivity index is 1.55. The van der Waals surface area contributed by atoms with Gasteiger partial charge in [0.1, 0.15) is 5.82 Å². The summed E-state index contributed by atoms with van der Waals surface area (Å²) >= 11 is 1.13. The highest BCUT2D eigenvalue weighted by Crippen LogP contribution is 2.20.